The minimum Gasteiger partial charge on any atom is -0.392 e. The Labute approximate surface area is 165 Å². The summed E-state index contributed by atoms with van der Waals surface area (Å²) in [6.45, 7) is 14.1. The third-order valence-electron chi connectivity index (χ3n) is 6.74. The lowest BCUT2D eigenvalue weighted by molar-refractivity contribution is 0.331. The van der Waals surface area contributed by atoms with Gasteiger partial charge in [0.1, 0.15) is 0 Å². The maximum absolute atomic E-state index is 9.08. The van der Waals surface area contributed by atoms with Gasteiger partial charge in [-0.05, 0) is 90.2 Å². The van der Waals surface area contributed by atoms with Crippen molar-refractivity contribution >= 4 is 5.57 Å². The normalized spacial score (nSPS) is 21.8. The molecule has 2 aliphatic rings. The van der Waals surface area contributed by atoms with E-state index < -0.39 is 0 Å². The first-order valence-corrected chi connectivity index (χ1v) is 10.5. The van der Waals surface area contributed by atoms with E-state index in [1.54, 1.807) is 11.1 Å². The number of aryl methyl sites for hydroxylation is 1. The Morgan fingerprint density at radius 2 is 1.67 bits per heavy atom. The van der Waals surface area contributed by atoms with E-state index >= 15 is 0 Å². The predicted molar refractivity (Wildman–Crippen MR) is 117 cm³/mol. The zero-order valence-corrected chi connectivity index (χ0v) is 18.1. The Hall–Kier alpha value is -1.60. The molecule has 0 fully saturated rings. The van der Waals surface area contributed by atoms with E-state index in [-0.39, 0.29) is 17.4 Å². The van der Waals surface area contributed by atoms with E-state index in [0.717, 1.165) is 12.0 Å². The van der Waals surface area contributed by atoms with Crippen LogP contribution in [0.2, 0.25) is 0 Å². The van der Waals surface area contributed by atoms with Crippen LogP contribution in [0.5, 0.6) is 0 Å². The van der Waals surface area contributed by atoms with Crippen molar-refractivity contribution in [1.29, 1.82) is 0 Å². The van der Waals surface area contributed by atoms with Crippen molar-refractivity contribution in [2.75, 3.05) is 6.61 Å². The molecule has 0 bridgehead atoms. The average molecular weight is 365 g/mol. The molecule has 0 radical (unpaired) electrons. The molecule has 2 aliphatic carbocycles. The summed E-state index contributed by atoms with van der Waals surface area (Å²) >= 11 is 0. The van der Waals surface area contributed by atoms with Gasteiger partial charge in [0.15, 0.2) is 0 Å². The monoisotopic (exact) mass is 364 g/mol. The SMILES string of the molecule is CC(C=CC1=C(c2cc3c(cc2C)C(C)(C)CCC3(C)C)CCC1)=CCO. The molecule has 0 spiro atoms. The summed E-state index contributed by atoms with van der Waals surface area (Å²) in [6, 6.07) is 5.01. The third-order valence-corrected chi connectivity index (χ3v) is 6.74. The second-order valence-electron chi connectivity index (χ2n) is 9.80. The molecule has 1 heteroatoms. The molecule has 0 atom stereocenters. The second-order valence-corrected chi connectivity index (χ2v) is 9.80. The molecule has 0 unspecified atom stereocenters. The Balaban J connectivity index is 2.09. The van der Waals surface area contributed by atoms with Gasteiger partial charge in [-0.25, -0.2) is 0 Å². The molecule has 0 saturated carbocycles. The molecule has 1 nitrogen and oxygen atoms in total. The summed E-state index contributed by atoms with van der Waals surface area (Å²) < 4.78 is 0. The lowest BCUT2D eigenvalue weighted by Crippen LogP contribution is -2.34. The van der Waals surface area contributed by atoms with E-state index in [1.165, 1.54) is 48.0 Å². The number of aliphatic hydroxyl groups excluding tert-OH is 1. The van der Waals surface area contributed by atoms with E-state index in [1.807, 2.05) is 6.08 Å². The maximum Gasteiger partial charge on any atom is 0.0617 e. The molecule has 27 heavy (non-hydrogen) atoms. The maximum atomic E-state index is 9.08. The molecule has 0 aliphatic heterocycles. The van der Waals surface area contributed by atoms with Crippen LogP contribution in [-0.2, 0) is 10.8 Å². The van der Waals surface area contributed by atoms with Gasteiger partial charge in [-0.2, -0.15) is 0 Å². The van der Waals surface area contributed by atoms with Crippen LogP contribution in [0.25, 0.3) is 5.57 Å². The van der Waals surface area contributed by atoms with Gasteiger partial charge in [0.2, 0.25) is 0 Å². The Morgan fingerprint density at radius 1 is 1.04 bits per heavy atom. The summed E-state index contributed by atoms with van der Waals surface area (Å²) in [5.74, 6) is 0. The number of benzene rings is 1. The molecule has 0 heterocycles. The molecule has 1 aromatic carbocycles. The summed E-state index contributed by atoms with van der Waals surface area (Å²) in [5, 5.41) is 9.08. The topological polar surface area (TPSA) is 20.2 Å². The van der Waals surface area contributed by atoms with E-state index in [4.69, 9.17) is 5.11 Å². The molecule has 3 rings (SSSR count). The minimum atomic E-state index is 0.108. The van der Waals surface area contributed by atoms with Gasteiger partial charge in [0, 0.05) is 0 Å². The highest BCUT2D eigenvalue weighted by Gasteiger charge is 2.37. The quantitative estimate of drug-likeness (QED) is 0.584. The molecular formula is C26H36O. The van der Waals surface area contributed by atoms with E-state index in [2.05, 4.69) is 65.8 Å². The van der Waals surface area contributed by atoms with Crippen molar-refractivity contribution in [2.45, 2.75) is 84.5 Å². The molecule has 0 saturated heterocycles. The van der Waals surface area contributed by atoms with Crippen molar-refractivity contribution in [3.05, 3.63) is 63.8 Å². The van der Waals surface area contributed by atoms with Crippen LogP contribution in [0, 0.1) is 6.92 Å². The summed E-state index contributed by atoms with van der Waals surface area (Å²) in [5.41, 5.74) is 10.6. The molecular weight excluding hydrogens is 328 g/mol. The molecule has 1 N–H and O–H groups in total. The second kappa shape index (κ2) is 7.43. The molecule has 0 aromatic heterocycles. The van der Waals surface area contributed by atoms with Crippen molar-refractivity contribution in [3.63, 3.8) is 0 Å². The van der Waals surface area contributed by atoms with Crippen molar-refractivity contribution in [1.82, 2.24) is 0 Å². The van der Waals surface area contributed by atoms with E-state index in [0.29, 0.717) is 0 Å². The largest absolute Gasteiger partial charge is 0.392 e. The van der Waals surface area contributed by atoms with Crippen LogP contribution in [-0.4, -0.2) is 11.7 Å². The Morgan fingerprint density at radius 3 is 2.30 bits per heavy atom. The molecule has 0 amide bonds. The van der Waals surface area contributed by atoms with Crippen LogP contribution < -0.4 is 0 Å². The number of allylic oxidation sites excluding steroid dienone is 5. The van der Waals surface area contributed by atoms with Crippen LogP contribution in [0.1, 0.15) is 89.0 Å². The fourth-order valence-corrected chi connectivity index (χ4v) is 4.75. The van der Waals surface area contributed by atoms with Gasteiger partial charge in [-0.1, -0.05) is 63.6 Å². The standard InChI is InChI=1S/C26H36O/c1-18(12-15-27)10-11-20-8-7-9-21(20)22-17-24-23(16-19(22)2)25(3,4)13-14-26(24,5)6/h10-12,16-17,27H,7-9,13-15H2,1-6H3. The van der Waals surface area contributed by atoms with Gasteiger partial charge < -0.3 is 5.11 Å². The summed E-state index contributed by atoms with van der Waals surface area (Å²) in [4.78, 5) is 0. The highest BCUT2D eigenvalue weighted by Crippen LogP contribution is 2.48. The highest BCUT2D eigenvalue weighted by molar-refractivity contribution is 5.76. The molecule has 146 valence electrons. The first-order chi connectivity index (χ1) is 12.7. The van der Waals surface area contributed by atoms with Gasteiger partial charge in [-0.15, -0.1) is 0 Å². The number of hydrogen-bond donors (Lipinski definition) is 1. The number of hydrogen-bond acceptors (Lipinski definition) is 1. The lowest BCUT2D eigenvalue weighted by atomic mass is 9.62. The highest BCUT2D eigenvalue weighted by atomic mass is 16.2. The molecule has 1 aromatic rings. The van der Waals surface area contributed by atoms with Crippen molar-refractivity contribution in [3.8, 4) is 0 Å². The number of fused-ring (bicyclic) bond motifs is 1. The first kappa shape index (κ1) is 20.1. The van der Waals surface area contributed by atoms with Crippen LogP contribution in [0.4, 0.5) is 0 Å². The Kier molecular flexibility index (Phi) is 5.54. The van der Waals surface area contributed by atoms with Crippen molar-refractivity contribution < 1.29 is 5.11 Å². The summed E-state index contributed by atoms with van der Waals surface area (Å²) in [7, 11) is 0. The fraction of sp³-hybridized carbons (Fsp3) is 0.538. The number of rotatable bonds is 4. The van der Waals surface area contributed by atoms with E-state index in [9.17, 15) is 0 Å². The van der Waals surface area contributed by atoms with Gasteiger partial charge in [-0.3, -0.25) is 0 Å². The van der Waals surface area contributed by atoms with Crippen molar-refractivity contribution in [2.24, 2.45) is 0 Å². The van der Waals surface area contributed by atoms with Gasteiger partial charge >= 0.3 is 0 Å². The predicted octanol–water partition coefficient (Wildman–Crippen LogP) is 6.78. The van der Waals surface area contributed by atoms with Crippen LogP contribution in [0.15, 0.2) is 41.5 Å². The zero-order chi connectivity index (χ0) is 19.8. The lowest BCUT2D eigenvalue weighted by Gasteiger charge is -2.42. The van der Waals surface area contributed by atoms with Crippen LogP contribution >= 0.6 is 0 Å². The fourth-order valence-electron chi connectivity index (χ4n) is 4.75. The van der Waals surface area contributed by atoms with Crippen LogP contribution in [0.3, 0.4) is 0 Å². The Bertz CT molecular complexity index is 815. The van der Waals surface area contributed by atoms with Gasteiger partial charge in [0.05, 0.1) is 6.61 Å². The summed E-state index contributed by atoms with van der Waals surface area (Å²) in [6.07, 6.45) is 12.4. The average Bonchev–Trinajstić information content (AvgIpc) is 3.05. The number of aliphatic hydroxyl groups is 1. The van der Waals surface area contributed by atoms with Gasteiger partial charge in [0.25, 0.3) is 0 Å². The minimum absolute atomic E-state index is 0.108. The zero-order valence-electron chi connectivity index (χ0n) is 18.1. The smallest absolute Gasteiger partial charge is 0.0617 e. The first-order valence-electron chi connectivity index (χ1n) is 10.5. The third kappa shape index (κ3) is 3.99.